The van der Waals surface area contributed by atoms with Crippen molar-refractivity contribution >= 4 is 17.4 Å². The van der Waals surface area contributed by atoms with Gasteiger partial charge in [0.1, 0.15) is 11.6 Å². The molecule has 1 aromatic carbocycles. The molecule has 1 aromatic heterocycles. The minimum absolute atomic E-state index is 0.0890. The van der Waals surface area contributed by atoms with E-state index in [0.29, 0.717) is 30.2 Å². The number of pyridine rings is 1. The topological polar surface area (TPSA) is 77.2 Å². The minimum atomic E-state index is -0.0890. The average Bonchev–Trinajstić information content (AvgIpc) is 2.44. The number of nitrogens with zero attached hydrogens (tertiary/aromatic N) is 1. The molecule has 21 heavy (non-hydrogen) atoms. The molecule has 5 nitrogen and oxygen atoms in total. The summed E-state index contributed by atoms with van der Waals surface area (Å²) in [5, 5.41) is 2.84. The van der Waals surface area contributed by atoms with Crippen LogP contribution in [0, 0.1) is 6.92 Å². The largest absolute Gasteiger partial charge is 0.494 e. The highest BCUT2D eigenvalue weighted by molar-refractivity contribution is 5.92. The van der Waals surface area contributed by atoms with E-state index in [2.05, 4.69) is 10.3 Å². The lowest BCUT2D eigenvalue weighted by Crippen LogP contribution is -2.15. The zero-order chi connectivity index (χ0) is 15.2. The molecule has 0 aliphatic rings. The summed E-state index contributed by atoms with van der Waals surface area (Å²) >= 11 is 0. The quantitative estimate of drug-likeness (QED) is 0.885. The Morgan fingerprint density at radius 1 is 1.24 bits per heavy atom. The van der Waals surface area contributed by atoms with Gasteiger partial charge in [-0.1, -0.05) is 12.1 Å². The number of nitrogen functional groups attached to an aromatic ring is 1. The van der Waals surface area contributed by atoms with Gasteiger partial charge in [-0.15, -0.1) is 0 Å². The Morgan fingerprint density at radius 3 is 2.57 bits per heavy atom. The van der Waals surface area contributed by atoms with E-state index in [1.165, 1.54) is 0 Å². The fourth-order valence-electron chi connectivity index (χ4n) is 1.96. The van der Waals surface area contributed by atoms with Gasteiger partial charge in [-0.3, -0.25) is 4.79 Å². The van der Waals surface area contributed by atoms with Crippen molar-refractivity contribution in [2.24, 2.45) is 0 Å². The fraction of sp³-hybridized carbons (Fsp3) is 0.250. The van der Waals surface area contributed by atoms with E-state index in [1.807, 2.05) is 38.1 Å². The highest BCUT2D eigenvalue weighted by atomic mass is 16.5. The average molecular weight is 285 g/mol. The monoisotopic (exact) mass is 285 g/mol. The second kappa shape index (κ2) is 6.74. The lowest BCUT2D eigenvalue weighted by atomic mass is 10.1. The van der Waals surface area contributed by atoms with Crippen LogP contribution in [-0.2, 0) is 11.2 Å². The molecule has 2 rings (SSSR count). The minimum Gasteiger partial charge on any atom is -0.494 e. The molecule has 0 fully saturated rings. The summed E-state index contributed by atoms with van der Waals surface area (Å²) in [6, 6.07) is 10.9. The lowest BCUT2D eigenvalue weighted by molar-refractivity contribution is -0.115. The molecule has 110 valence electrons. The van der Waals surface area contributed by atoms with Crippen LogP contribution in [0.1, 0.15) is 18.2 Å². The molecule has 0 aliphatic carbocycles. The van der Waals surface area contributed by atoms with Crippen LogP contribution in [0.3, 0.4) is 0 Å². The molecule has 0 saturated heterocycles. The number of anilines is 2. The number of ether oxygens (including phenoxy) is 1. The predicted octanol–water partition coefficient (Wildman–Crippen LogP) is 2.55. The third kappa shape index (κ3) is 4.21. The number of carbonyl (C=O) groups is 1. The summed E-state index contributed by atoms with van der Waals surface area (Å²) in [5.74, 6) is 1.16. The molecule has 0 saturated carbocycles. The Morgan fingerprint density at radius 2 is 1.95 bits per heavy atom. The van der Waals surface area contributed by atoms with Gasteiger partial charge >= 0.3 is 0 Å². The van der Waals surface area contributed by atoms with Crippen LogP contribution in [0.5, 0.6) is 5.75 Å². The number of amides is 1. The Labute approximate surface area is 124 Å². The van der Waals surface area contributed by atoms with Gasteiger partial charge in [0.25, 0.3) is 0 Å². The number of hydrogen-bond acceptors (Lipinski definition) is 4. The van der Waals surface area contributed by atoms with Gasteiger partial charge in [-0.2, -0.15) is 0 Å². The van der Waals surface area contributed by atoms with Crippen molar-refractivity contribution < 1.29 is 9.53 Å². The number of nitrogens with two attached hydrogens (primary N) is 1. The Bertz CT molecular complexity index is 624. The van der Waals surface area contributed by atoms with Crippen LogP contribution in [0.2, 0.25) is 0 Å². The molecule has 3 N–H and O–H groups in total. The standard InChI is InChI=1S/C16H19N3O2/c1-3-21-13-6-4-12(5-7-13)10-16(20)19-14-8-9-15(17)18-11(14)2/h4-9H,3,10H2,1-2H3,(H2,17,18)(H,19,20). The SMILES string of the molecule is CCOc1ccc(CC(=O)Nc2ccc(N)nc2C)cc1. The maximum Gasteiger partial charge on any atom is 0.228 e. The van der Waals surface area contributed by atoms with Crippen molar-refractivity contribution in [1.29, 1.82) is 0 Å². The second-order valence-corrected chi connectivity index (χ2v) is 4.67. The van der Waals surface area contributed by atoms with Gasteiger partial charge < -0.3 is 15.8 Å². The van der Waals surface area contributed by atoms with E-state index in [-0.39, 0.29) is 5.91 Å². The molecule has 1 heterocycles. The first-order valence-corrected chi connectivity index (χ1v) is 6.83. The number of rotatable bonds is 5. The van der Waals surface area contributed by atoms with Crippen molar-refractivity contribution in [1.82, 2.24) is 4.98 Å². The summed E-state index contributed by atoms with van der Waals surface area (Å²) in [7, 11) is 0. The van der Waals surface area contributed by atoms with Crippen molar-refractivity contribution in [3.05, 3.63) is 47.7 Å². The molecular weight excluding hydrogens is 266 g/mol. The zero-order valence-electron chi connectivity index (χ0n) is 12.2. The van der Waals surface area contributed by atoms with E-state index in [0.717, 1.165) is 11.3 Å². The van der Waals surface area contributed by atoms with E-state index in [1.54, 1.807) is 12.1 Å². The molecule has 1 amide bonds. The summed E-state index contributed by atoms with van der Waals surface area (Å²) in [4.78, 5) is 16.1. The number of carbonyl (C=O) groups excluding carboxylic acids is 1. The number of aromatic nitrogens is 1. The number of aryl methyl sites for hydroxylation is 1. The molecular formula is C16H19N3O2. The van der Waals surface area contributed by atoms with Crippen molar-refractivity contribution in [2.45, 2.75) is 20.3 Å². The van der Waals surface area contributed by atoms with Crippen molar-refractivity contribution in [3.63, 3.8) is 0 Å². The summed E-state index contributed by atoms with van der Waals surface area (Å²) in [6.07, 6.45) is 0.302. The van der Waals surface area contributed by atoms with Gasteiger partial charge in [-0.25, -0.2) is 4.98 Å². The molecule has 0 unspecified atom stereocenters. The molecule has 0 aliphatic heterocycles. The fourth-order valence-corrected chi connectivity index (χ4v) is 1.96. The highest BCUT2D eigenvalue weighted by Crippen LogP contribution is 2.16. The Hall–Kier alpha value is -2.56. The van der Waals surface area contributed by atoms with Gasteiger partial charge in [-0.05, 0) is 43.7 Å². The normalized spacial score (nSPS) is 10.2. The molecule has 0 atom stereocenters. The summed E-state index contributed by atoms with van der Waals surface area (Å²) in [6.45, 7) is 4.37. The number of nitrogens with one attached hydrogen (secondary N) is 1. The highest BCUT2D eigenvalue weighted by Gasteiger charge is 2.07. The van der Waals surface area contributed by atoms with E-state index in [9.17, 15) is 4.79 Å². The van der Waals surface area contributed by atoms with Gasteiger partial charge in [0, 0.05) is 0 Å². The first kappa shape index (κ1) is 14.8. The van der Waals surface area contributed by atoms with Crippen LogP contribution < -0.4 is 15.8 Å². The van der Waals surface area contributed by atoms with Gasteiger partial charge in [0.2, 0.25) is 5.91 Å². The molecule has 0 radical (unpaired) electrons. The molecule has 0 spiro atoms. The van der Waals surface area contributed by atoms with Crippen LogP contribution in [-0.4, -0.2) is 17.5 Å². The smallest absolute Gasteiger partial charge is 0.228 e. The molecule has 5 heteroatoms. The molecule has 0 bridgehead atoms. The maximum atomic E-state index is 12.0. The molecule has 2 aromatic rings. The van der Waals surface area contributed by atoms with E-state index in [4.69, 9.17) is 10.5 Å². The van der Waals surface area contributed by atoms with Gasteiger partial charge in [0.15, 0.2) is 0 Å². The van der Waals surface area contributed by atoms with Crippen LogP contribution in [0.25, 0.3) is 0 Å². The third-order valence-corrected chi connectivity index (χ3v) is 2.98. The lowest BCUT2D eigenvalue weighted by Gasteiger charge is -2.09. The van der Waals surface area contributed by atoms with Crippen LogP contribution in [0.15, 0.2) is 36.4 Å². The second-order valence-electron chi connectivity index (χ2n) is 4.67. The Kier molecular flexibility index (Phi) is 4.77. The zero-order valence-corrected chi connectivity index (χ0v) is 12.2. The number of hydrogen-bond donors (Lipinski definition) is 2. The van der Waals surface area contributed by atoms with Crippen LogP contribution in [0.4, 0.5) is 11.5 Å². The Balaban J connectivity index is 1.98. The van der Waals surface area contributed by atoms with Crippen molar-refractivity contribution in [2.75, 3.05) is 17.7 Å². The van der Waals surface area contributed by atoms with Gasteiger partial charge in [0.05, 0.1) is 24.4 Å². The van der Waals surface area contributed by atoms with E-state index < -0.39 is 0 Å². The summed E-state index contributed by atoms with van der Waals surface area (Å²) in [5.41, 5.74) is 7.90. The first-order valence-electron chi connectivity index (χ1n) is 6.83. The maximum absolute atomic E-state index is 12.0. The van der Waals surface area contributed by atoms with E-state index >= 15 is 0 Å². The predicted molar refractivity (Wildman–Crippen MR) is 83.3 cm³/mol. The number of benzene rings is 1. The summed E-state index contributed by atoms with van der Waals surface area (Å²) < 4.78 is 5.37. The third-order valence-electron chi connectivity index (χ3n) is 2.98. The first-order chi connectivity index (χ1) is 10.1. The van der Waals surface area contributed by atoms with Crippen LogP contribution >= 0.6 is 0 Å². The van der Waals surface area contributed by atoms with Crippen molar-refractivity contribution in [3.8, 4) is 5.75 Å².